The number of aromatic nitrogens is 1. The third kappa shape index (κ3) is 4.14. The Morgan fingerprint density at radius 3 is 2.61 bits per heavy atom. The van der Waals surface area contributed by atoms with Gasteiger partial charge in [0.05, 0.1) is 36.6 Å². The molecule has 4 aromatic rings. The topological polar surface area (TPSA) is 101 Å². The summed E-state index contributed by atoms with van der Waals surface area (Å²) in [4.78, 5) is 30.4. The number of fused-ring (bicyclic) bond motifs is 1. The Balaban J connectivity index is 1.81. The van der Waals surface area contributed by atoms with E-state index >= 15 is 0 Å². The van der Waals surface area contributed by atoms with Gasteiger partial charge in [-0.15, -0.1) is 11.3 Å². The van der Waals surface area contributed by atoms with Crippen LogP contribution < -0.4 is 10.1 Å². The molecular formula is C25H19N3O4S. The van der Waals surface area contributed by atoms with Crippen LogP contribution in [0.15, 0.2) is 54.6 Å². The van der Waals surface area contributed by atoms with Gasteiger partial charge in [0.1, 0.15) is 21.7 Å². The third-order valence-electron chi connectivity index (χ3n) is 5.18. The maximum absolute atomic E-state index is 13.4. The summed E-state index contributed by atoms with van der Waals surface area (Å²) in [5.41, 5.74) is 3.16. The summed E-state index contributed by atoms with van der Waals surface area (Å²) in [5.74, 6) is -0.285. The Morgan fingerprint density at radius 2 is 1.88 bits per heavy atom. The lowest BCUT2D eigenvalue weighted by Gasteiger charge is -2.11. The molecule has 33 heavy (non-hydrogen) atoms. The molecule has 0 atom stereocenters. The molecule has 0 aliphatic carbocycles. The van der Waals surface area contributed by atoms with E-state index in [1.54, 1.807) is 20.1 Å². The molecule has 2 aromatic carbocycles. The molecule has 164 valence electrons. The number of nitrogens with zero attached hydrogens (tertiary/aromatic N) is 2. The number of para-hydroxylation sites is 1. The number of hydrogen-bond donors (Lipinski definition) is 1. The van der Waals surface area contributed by atoms with E-state index in [0.29, 0.717) is 38.5 Å². The van der Waals surface area contributed by atoms with Crippen molar-refractivity contribution in [3.63, 3.8) is 0 Å². The van der Waals surface area contributed by atoms with E-state index in [1.807, 2.05) is 48.5 Å². The second-order valence-electron chi connectivity index (χ2n) is 7.12. The first-order valence-corrected chi connectivity index (χ1v) is 10.8. The van der Waals surface area contributed by atoms with Gasteiger partial charge in [0.25, 0.3) is 5.91 Å². The lowest BCUT2D eigenvalue weighted by atomic mass is 10.0. The van der Waals surface area contributed by atoms with Crippen LogP contribution >= 0.6 is 11.3 Å². The van der Waals surface area contributed by atoms with Crippen molar-refractivity contribution >= 4 is 39.1 Å². The maximum Gasteiger partial charge on any atom is 0.348 e. The maximum atomic E-state index is 13.4. The molecule has 0 saturated heterocycles. The molecule has 0 saturated carbocycles. The van der Waals surface area contributed by atoms with E-state index in [9.17, 15) is 14.9 Å². The normalized spacial score (nSPS) is 10.5. The van der Waals surface area contributed by atoms with Gasteiger partial charge in [0.2, 0.25) is 0 Å². The third-order valence-corrected chi connectivity index (χ3v) is 6.37. The molecule has 7 nitrogen and oxygen atoms in total. The first-order chi connectivity index (χ1) is 16.0. The van der Waals surface area contributed by atoms with Gasteiger partial charge >= 0.3 is 5.97 Å². The van der Waals surface area contributed by atoms with E-state index < -0.39 is 11.9 Å². The molecule has 0 bridgehead atoms. The van der Waals surface area contributed by atoms with E-state index in [0.717, 1.165) is 16.9 Å². The number of methoxy groups -OCH3 is 2. The van der Waals surface area contributed by atoms with Crippen molar-refractivity contribution in [1.29, 1.82) is 5.26 Å². The number of benzene rings is 2. The van der Waals surface area contributed by atoms with Crippen molar-refractivity contribution in [2.24, 2.45) is 0 Å². The number of amides is 1. The number of pyridine rings is 1. The van der Waals surface area contributed by atoms with Crippen LogP contribution in [0.4, 0.5) is 5.00 Å². The number of nitrogens with one attached hydrogen (secondary N) is 1. The second-order valence-corrected chi connectivity index (χ2v) is 8.14. The molecule has 1 N–H and O–H groups in total. The number of hydrogen-bond acceptors (Lipinski definition) is 7. The number of rotatable bonds is 5. The first kappa shape index (κ1) is 22.0. The average Bonchev–Trinajstić information content (AvgIpc) is 3.17. The number of nitriles is 1. The molecule has 8 heteroatoms. The molecule has 1 amide bonds. The molecule has 0 spiro atoms. The highest BCUT2D eigenvalue weighted by molar-refractivity contribution is 7.18. The average molecular weight is 458 g/mol. The Bertz CT molecular complexity index is 1440. The summed E-state index contributed by atoms with van der Waals surface area (Å²) >= 11 is 1.02. The van der Waals surface area contributed by atoms with E-state index in [4.69, 9.17) is 14.5 Å². The zero-order valence-electron chi connectivity index (χ0n) is 18.1. The Labute approximate surface area is 194 Å². The van der Waals surface area contributed by atoms with Crippen LogP contribution in [-0.2, 0) is 4.74 Å². The van der Waals surface area contributed by atoms with Crippen molar-refractivity contribution in [3.05, 3.63) is 76.2 Å². The smallest absolute Gasteiger partial charge is 0.348 e. The van der Waals surface area contributed by atoms with Gasteiger partial charge < -0.3 is 14.8 Å². The summed E-state index contributed by atoms with van der Waals surface area (Å²) in [6.07, 6.45) is 0. The van der Waals surface area contributed by atoms with Gasteiger partial charge in [0.15, 0.2) is 0 Å². The minimum absolute atomic E-state index is 0.236. The summed E-state index contributed by atoms with van der Waals surface area (Å²) < 4.78 is 10.1. The van der Waals surface area contributed by atoms with Crippen LogP contribution in [0.25, 0.3) is 22.2 Å². The van der Waals surface area contributed by atoms with Crippen LogP contribution in [-0.4, -0.2) is 31.1 Å². The van der Waals surface area contributed by atoms with Gasteiger partial charge in [0, 0.05) is 10.9 Å². The highest BCUT2D eigenvalue weighted by atomic mass is 32.1. The molecule has 2 heterocycles. The minimum Gasteiger partial charge on any atom is -0.497 e. The minimum atomic E-state index is -0.552. The fourth-order valence-corrected chi connectivity index (χ4v) is 4.56. The quantitative estimate of drug-likeness (QED) is 0.414. The lowest BCUT2D eigenvalue weighted by molar-refractivity contribution is 0.0605. The van der Waals surface area contributed by atoms with Gasteiger partial charge in [-0.05, 0) is 36.8 Å². The van der Waals surface area contributed by atoms with E-state index in [2.05, 4.69) is 11.4 Å². The van der Waals surface area contributed by atoms with Gasteiger partial charge in [-0.25, -0.2) is 9.78 Å². The van der Waals surface area contributed by atoms with Gasteiger partial charge in [-0.3, -0.25) is 4.79 Å². The molecule has 4 rings (SSSR count). The molecule has 0 fully saturated rings. The molecular weight excluding hydrogens is 438 g/mol. The van der Waals surface area contributed by atoms with Crippen LogP contribution in [0, 0.1) is 18.3 Å². The standard InChI is InChI=1S/C25H19N3O4S/c1-14-19(13-26)24(33-22(14)25(30)32-3)28-23(29)18-12-21(15-7-6-8-16(11-15)31-2)27-20-10-5-4-9-17(18)20/h4-12H,1-3H3,(H,28,29). The van der Waals surface area contributed by atoms with Crippen molar-refractivity contribution in [3.8, 4) is 23.1 Å². The SMILES string of the molecule is COC(=O)c1sc(NC(=O)c2cc(-c3cccc(OC)c3)nc3ccccc23)c(C#N)c1C. The number of anilines is 1. The first-order valence-electron chi connectivity index (χ1n) is 9.94. The van der Waals surface area contributed by atoms with Crippen LogP contribution in [0.1, 0.15) is 31.2 Å². The number of thiophene rings is 1. The van der Waals surface area contributed by atoms with Crippen LogP contribution in [0.5, 0.6) is 5.75 Å². The Morgan fingerprint density at radius 1 is 1.09 bits per heavy atom. The van der Waals surface area contributed by atoms with Crippen LogP contribution in [0.3, 0.4) is 0 Å². The molecule has 0 unspecified atom stereocenters. The second kappa shape index (κ2) is 9.10. The predicted molar refractivity (Wildman–Crippen MR) is 127 cm³/mol. The molecule has 0 aliphatic rings. The summed E-state index contributed by atoms with van der Waals surface area (Å²) in [6.45, 7) is 1.65. The summed E-state index contributed by atoms with van der Waals surface area (Å²) in [7, 11) is 2.86. The number of carbonyl (C=O) groups excluding carboxylic acids is 2. The fraction of sp³-hybridized carbons (Fsp3) is 0.120. The van der Waals surface area contributed by atoms with Crippen molar-refractivity contribution in [2.45, 2.75) is 6.92 Å². The number of ether oxygens (including phenoxy) is 2. The lowest BCUT2D eigenvalue weighted by Crippen LogP contribution is -2.13. The number of esters is 1. The van der Waals surface area contributed by atoms with Crippen molar-refractivity contribution < 1.29 is 19.1 Å². The summed E-state index contributed by atoms with van der Waals surface area (Å²) in [5, 5.41) is 13.4. The predicted octanol–water partition coefficient (Wildman–Crippen LogP) is 5.19. The summed E-state index contributed by atoms with van der Waals surface area (Å²) in [6, 6.07) is 18.5. The Hall–Kier alpha value is -4.22. The number of carbonyl (C=O) groups is 2. The van der Waals surface area contributed by atoms with Crippen molar-refractivity contribution in [2.75, 3.05) is 19.5 Å². The molecule has 0 radical (unpaired) electrons. The highest BCUT2D eigenvalue weighted by Crippen LogP contribution is 2.34. The van der Waals surface area contributed by atoms with Crippen LogP contribution in [0.2, 0.25) is 0 Å². The zero-order valence-corrected chi connectivity index (χ0v) is 18.9. The largest absolute Gasteiger partial charge is 0.497 e. The molecule has 2 aromatic heterocycles. The van der Waals surface area contributed by atoms with Gasteiger partial charge in [-0.2, -0.15) is 5.26 Å². The van der Waals surface area contributed by atoms with Gasteiger partial charge in [-0.1, -0.05) is 30.3 Å². The van der Waals surface area contributed by atoms with Crippen molar-refractivity contribution in [1.82, 2.24) is 4.98 Å². The fourth-order valence-electron chi connectivity index (χ4n) is 3.49. The van der Waals surface area contributed by atoms with E-state index in [-0.39, 0.29) is 10.4 Å². The van der Waals surface area contributed by atoms with E-state index in [1.165, 1.54) is 7.11 Å². The highest BCUT2D eigenvalue weighted by Gasteiger charge is 2.23. The monoisotopic (exact) mass is 457 g/mol. The zero-order chi connectivity index (χ0) is 23.5. The molecule has 0 aliphatic heterocycles. The Kier molecular flexibility index (Phi) is 6.07.